The Morgan fingerprint density at radius 3 is 2.13 bits per heavy atom. The summed E-state index contributed by atoms with van der Waals surface area (Å²) in [7, 11) is 2.16. The number of ether oxygens (including phenoxy) is 1. The second-order valence-electron chi connectivity index (χ2n) is 6.74. The van der Waals surface area contributed by atoms with Crippen LogP contribution in [0.1, 0.15) is 11.6 Å². The summed E-state index contributed by atoms with van der Waals surface area (Å²) in [6, 6.07) is 16.2. The molecule has 0 bridgehead atoms. The molecule has 0 aromatic heterocycles. The zero-order chi connectivity index (χ0) is 22.1. The Hall–Kier alpha value is -2.32. The van der Waals surface area contributed by atoms with Crippen LogP contribution in [0, 0.1) is 0 Å². The van der Waals surface area contributed by atoms with Crippen molar-refractivity contribution >= 4 is 35.1 Å². The fourth-order valence-corrected chi connectivity index (χ4v) is 3.33. The van der Waals surface area contributed by atoms with E-state index in [-0.39, 0.29) is 6.04 Å². The molecule has 30 heavy (non-hydrogen) atoms. The van der Waals surface area contributed by atoms with Crippen LogP contribution in [0.15, 0.2) is 48.5 Å². The maximum absolute atomic E-state index is 9.10. The van der Waals surface area contributed by atoms with E-state index < -0.39 is 11.9 Å². The van der Waals surface area contributed by atoms with Crippen molar-refractivity contribution in [3.8, 4) is 5.75 Å². The van der Waals surface area contributed by atoms with Gasteiger partial charge in [0.25, 0.3) is 0 Å². The highest BCUT2D eigenvalue weighted by molar-refractivity contribution is 6.42. The molecular weight excluding hydrogens is 431 g/mol. The van der Waals surface area contributed by atoms with Gasteiger partial charge in [0, 0.05) is 26.2 Å². The van der Waals surface area contributed by atoms with E-state index in [4.69, 9.17) is 47.7 Å². The summed E-state index contributed by atoms with van der Waals surface area (Å²) in [4.78, 5) is 23.0. The van der Waals surface area contributed by atoms with Gasteiger partial charge in [0.2, 0.25) is 0 Å². The first-order valence-corrected chi connectivity index (χ1v) is 10.1. The van der Waals surface area contributed by atoms with Gasteiger partial charge in [0.1, 0.15) is 17.4 Å². The van der Waals surface area contributed by atoms with Gasteiger partial charge in [-0.25, -0.2) is 9.59 Å². The third-order valence-corrected chi connectivity index (χ3v) is 5.46. The number of rotatable bonds is 5. The predicted octanol–water partition coefficient (Wildman–Crippen LogP) is 3.52. The topological polar surface area (TPSA) is 90.3 Å². The molecule has 0 radical (unpaired) electrons. The molecule has 7 nitrogen and oxygen atoms in total. The Balaban J connectivity index is 0.000000469. The van der Waals surface area contributed by atoms with E-state index in [1.807, 2.05) is 18.2 Å². The van der Waals surface area contributed by atoms with Gasteiger partial charge in [-0.15, -0.1) is 0 Å². The number of hydrogen-bond donors (Lipinski definition) is 2. The van der Waals surface area contributed by atoms with Crippen LogP contribution in [0.25, 0.3) is 0 Å². The van der Waals surface area contributed by atoms with E-state index >= 15 is 0 Å². The van der Waals surface area contributed by atoms with Gasteiger partial charge in [0.05, 0.1) is 11.1 Å². The monoisotopic (exact) mass is 454 g/mol. The fourth-order valence-electron chi connectivity index (χ4n) is 2.99. The van der Waals surface area contributed by atoms with Crippen LogP contribution in [0.2, 0.25) is 10.0 Å². The van der Waals surface area contributed by atoms with E-state index in [0.717, 1.165) is 26.2 Å². The van der Waals surface area contributed by atoms with Crippen LogP contribution in [0.3, 0.4) is 0 Å². The van der Waals surface area contributed by atoms with E-state index in [1.165, 1.54) is 5.56 Å². The van der Waals surface area contributed by atoms with Crippen molar-refractivity contribution in [3.05, 3.63) is 64.1 Å². The molecule has 1 aliphatic rings. The number of carbonyl (C=O) groups is 2. The smallest absolute Gasteiger partial charge is 0.414 e. The number of aliphatic carboxylic acids is 2. The van der Waals surface area contributed by atoms with Gasteiger partial charge < -0.3 is 19.8 Å². The summed E-state index contributed by atoms with van der Waals surface area (Å²) in [6.45, 7) is 4.75. The molecular formula is C21H24Cl2N2O5. The first kappa shape index (κ1) is 24.0. The van der Waals surface area contributed by atoms with Crippen molar-refractivity contribution in [1.82, 2.24) is 9.80 Å². The Kier molecular flexibility index (Phi) is 9.39. The standard InChI is InChI=1S/C19H22Cl2N2O.C2H2O4/c1-22-10-12-23(13-11-22)17(15-6-3-2-4-7-15)14-24-18-9-5-8-16(20)19(18)21;3-1(4)2(5)6/h2-9,17H,10-14H2,1H3;(H,3,4)(H,5,6)/t17-;/m0./s1. The van der Waals surface area contributed by atoms with Gasteiger partial charge in [-0.05, 0) is 24.7 Å². The van der Waals surface area contributed by atoms with Gasteiger partial charge in [0.15, 0.2) is 0 Å². The lowest BCUT2D eigenvalue weighted by Gasteiger charge is -2.38. The van der Waals surface area contributed by atoms with Gasteiger partial charge >= 0.3 is 11.9 Å². The van der Waals surface area contributed by atoms with E-state index in [0.29, 0.717) is 22.4 Å². The van der Waals surface area contributed by atoms with Gasteiger partial charge in [-0.2, -0.15) is 0 Å². The number of nitrogens with zero attached hydrogens (tertiary/aromatic N) is 2. The molecule has 0 aliphatic carbocycles. The SMILES string of the molecule is CN1CCN([C@@H](COc2cccc(Cl)c2Cl)c2ccccc2)CC1.O=C(O)C(=O)O. The number of hydrogen-bond acceptors (Lipinski definition) is 5. The van der Waals surface area contributed by atoms with E-state index in [9.17, 15) is 0 Å². The number of likely N-dealkylation sites (N-methyl/N-ethyl adjacent to an activating group) is 1. The molecule has 2 N–H and O–H groups in total. The van der Waals surface area contributed by atoms with Crippen LogP contribution >= 0.6 is 23.2 Å². The second-order valence-corrected chi connectivity index (χ2v) is 7.52. The molecule has 3 rings (SSSR count). The average Bonchev–Trinajstić information content (AvgIpc) is 2.73. The second kappa shape index (κ2) is 11.8. The zero-order valence-electron chi connectivity index (χ0n) is 16.5. The highest BCUT2D eigenvalue weighted by atomic mass is 35.5. The Morgan fingerprint density at radius 2 is 1.57 bits per heavy atom. The van der Waals surface area contributed by atoms with Crippen molar-refractivity contribution in [2.24, 2.45) is 0 Å². The largest absolute Gasteiger partial charge is 0.490 e. The lowest BCUT2D eigenvalue weighted by Crippen LogP contribution is -2.47. The van der Waals surface area contributed by atoms with Gasteiger partial charge in [-0.1, -0.05) is 59.6 Å². The fraction of sp³-hybridized carbons (Fsp3) is 0.333. The van der Waals surface area contributed by atoms with Crippen LogP contribution in [0.5, 0.6) is 5.75 Å². The van der Waals surface area contributed by atoms with Crippen LogP contribution in [-0.2, 0) is 9.59 Å². The van der Waals surface area contributed by atoms with Crippen molar-refractivity contribution < 1.29 is 24.5 Å². The molecule has 2 aromatic rings. The van der Waals surface area contributed by atoms with Gasteiger partial charge in [-0.3, -0.25) is 4.90 Å². The number of benzene rings is 2. The van der Waals surface area contributed by atoms with Crippen molar-refractivity contribution in [2.75, 3.05) is 39.8 Å². The summed E-state index contributed by atoms with van der Waals surface area (Å²) in [5.74, 6) is -3.01. The summed E-state index contributed by atoms with van der Waals surface area (Å²) in [6.07, 6.45) is 0. The minimum absolute atomic E-state index is 0.204. The van der Waals surface area contributed by atoms with E-state index in [2.05, 4.69) is 41.1 Å². The Bertz CT molecular complexity index is 831. The predicted molar refractivity (Wildman–Crippen MR) is 115 cm³/mol. The Labute approximate surface area is 185 Å². The van der Waals surface area contributed by atoms with Crippen LogP contribution < -0.4 is 4.74 Å². The highest BCUT2D eigenvalue weighted by Crippen LogP contribution is 2.33. The maximum Gasteiger partial charge on any atom is 0.414 e. The highest BCUT2D eigenvalue weighted by Gasteiger charge is 2.24. The molecule has 1 aliphatic heterocycles. The molecule has 162 valence electrons. The minimum Gasteiger partial charge on any atom is -0.490 e. The lowest BCUT2D eigenvalue weighted by atomic mass is 10.1. The van der Waals surface area contributed by atoms with Crippen LogP contribution in [-0.4, -0.2) is 71.8 Å². The third kappa shape index (κ3) is 7.18. The van der Waals surface area contributed by atoms with Crippen molar-refractivity contribution in [3.63, 3.8) is 0 Å². The number of carboxylic acids is 2. The Morgan fingerprint density at radius 1 is 0.967 bits per heavy atom. The first-order valence-electron chi connectivity index (χ1n) is 9.30. The molecule has 0 amide bonds. The molecule has 1 saturated heterocycles. The molecule has 1 atom stereocenters. The average molecular weight is 455 g/mol. The zero-order valence-corrected chi connectivity index (χ0v) is 18.0. The molecule has 2 aromatic carbocycles. The van der Waals surface area contributed by atoms with Crippen molar-refractivity contribution in [2.45, 2.75) is 6.04 Å². The number of halogens is 2. The van der Waals surface area contributed by atoms with E-state index in [1.54, 1.807) is 6.07 Å². The maximum atomic E-state index is 9.10. The normalized spacial score (nSPS) is 15.6. The quantitative estimate of drug-likeness (QED) is 0.667. The van der Waals surface area contributed by atoms with Crippen LogP contribution in [0.4, 0.5) is 0 Å². The summed E-state index contributed by atoms with van der Waals surface area (Å²) >= 11 is 12.3. The third-order valence-electron chi connectivity index (χ3n) is 4.66. The molecule has 0 spiro atoms. The first-order chi connectivity index (χ1) is 14.3. The molecule has 9 heteroatoms. The number of piperazine rings is 1. The molecule has 1 fully saturated rings. The molecule has 0 saturated carbocycles. The molecule has 0 unspecified atom stereocenters. The summed E-state index contributed by atoms with van der Waals surface area (Å²) in [5, 5.41) is 15.8. The minimum atomic E-state index is -1.82. The van der Waals surface area contributed by atoms with Crippen molar-refractivity contribution in [1.29, 1.82) is 0 Å². The number of carboxylic acid groups (broad SMARTS) is 2. The summed E-state index contributed by atoms with van der Waals surface area (Å²) < 4.78 is 6.04. The lowest BCUT2D eigenvalue weighted by molar-refractivity contribution is -0.159. The molecule has 1 heterocycles. The summed E-state index contributed by atoms with van der Waals surface area (Å²) in [5.41, 5.74) is 1.26.